The highest BCUT2D eigenvalue weighted by molar-refractivity contribution is 6.07. The Labute approximate surface area is 168 Å². The maximum Gasteiger partial charge on any atom is 0.185 e. The van der Waals surface area contributed by atoms with Crippen molar-refractivity contribution in [2.45, 2.75) is 6.54 Å². The zero-order chi connectivity index (χ0) is 20.7. The van der Waals surface area contributed by atoms with Gasteiger partial charge < -0.3 is 19.8 Å². The number of ketones is 1. The van der Waals surface area contributed by atoms with E-state index < -0.39 is 0 Å². The van der Waals surface area contributed by atoms with Crippen LogP contribution in [0.1, 0.15) is 21.5 Å². The lowest BCUT2D eigenvalue weighted by molar-refractivity contribution is 0.104. The van der Waals surface area contributed by atoms with Gasteiger partial charge in [0, 0.05) is 43.5 Å². The number of aromatic hydroxyl groups is 1. The fraction of sp³-hybridized carbons (Fsp3) is 0.348. The minimum absolute atomic E-state index is 0.0369. The van der Waals surface area contributed by atoms with Crippen LogP contribution in [0.4, 0.5) is 5.69 Å². The first-order chi connectivity index (χ1) is 13.3. The third-order valence-corrected chi connectivity index (χ3v) is 4.47. The highest BCUT2D eigenvalue weighted by Crippen LogP contribution is 2.21. The lowest BCUT2D eigenvalue weighted by Crippen LogP contribution is -2.28. The largest absolute Gasteiger partial charge is 0.508 e. The number of phenolic OH excluding ortho intramolecular Hbond substituents is 1. The van der Waals surface area contributed by atoms with Gasteiger partial charge in [-0.3, -0.25) is 4.79 Å². The maximum absolute atomic E-state index is 12.6. The summed E-state index contributed by atoms with van der Waals surface area (Å²) < 4.78 is 0. The molecule has 0 aliphatic heterocycles. The summed E-state index contributed by atoms with van der Waals surface area (Å²) in [6, 6.07) is 13.1. The number of likely N-dealkylation sites (N-methyl/N-ethyl adjacent to an activating group) is 2. The maximum atomic E-state index is 12.6. The van der Waals surface area contributed by atoms with E-state index in [-0.39, 0.29) is 11.5 Å². The van der Waals surface area contributed by atoms with E-state index >= 15 is 0 Å². The van der Waals surface area contributed by atoms with E-state index in [0.717, 1.165) is 29.9 Å². The lowest BCUT2D eigenvalue weighted by Gasteiger charge is -2.21. The Balaban J connectivity index is 2.11. The smallest absolute Gasteiger partial charge is 0.185 e. The van der Waals surface area contributed by atoms with Crippen LogP contribution in [0, 0.1) is 0 Å². The molecule has 2 rings (SSSR count). The van der Waals surface area contributed by atoms with Gasteiger partial charge in [-0.25, -0.2) is 0 Å². The summed E-state index contributed by atoms with van der Waals surface area (Å²) in [6.07, 6.45) is 3.38. The minimum atomic E-state index is -0.0369. The van der Waals surface area contributed by atoms with Gasteiger partial charge in [-0.1, -0.05) is 24.3 Å². The van der Waals surface area contributed by atoms with E-state index in [1.165, 1.54) is 0 Å². The summed E-state index contributed by atoms with van der Waals surface area (Å²) in [5.74, 6) is 0.232. The number of nitrogens with zero attached hydrogens (tertiary/aromatic N) is 3. The number of rotatable bonds is 9. The normalized spacial score (nSPS) is 11.5. The van der Waals surface area contributed by atoms with Crippen LogP contribution in [0.2, 0.25) is 0 Å². The Morgan fingerprint density at radius 3 is 2.39 bits per heavy atom. The fourth-order valence-electron chi connectivity index (χ4n) is 2.82. The zero-order valence-electron chi connectivity index (χ0n) is 17.5. The van der Waals surface area contributed by atoms with Crippen molar-refractivity contribution in [2.24, 2.45) is 0 Å². The van der Waals surface area contributed by atoms with Gasteiger partial charge in [0.15, 0.2) is 5.78 Å². The number of carbonyl (C=O) groups excluding carboxylic acids is 1. The monoisotopic (exact) mass is 381 g/mol. The average Bonchev–Trinajstić information content (AvgIpc) is 2.66. The molecule has 5 heteroatoms. The molecule has 0 aliphatic rings. The summed E-state index contributed by atoms with van der Waals surface area (Å²) in [6.45, 7) is 2.48. The Bertz CT molecular complexity index is 828. The molecule has 0 unspecified atom stereocenters. The molecule has 0 spiro atoms. The quantitative estimate of drug-likeness (QED) is 0.533. The Morgan fingerprint density at radius 1 is 0.964 bits per heavy atom. The van der Waals surface area contributed by atoms with Crippen LogP contribution in [0.3, 0.4) is 0 Å². The number of hydrogen-bond acceptors (Lipinski definition) is 5. The molecule has 0 aliphatic carbocycles. The molecule has 0 atom stereocenters. The second kappa shape index (κ2) is 10.1. The number of phenols is 1. The molecule has 0 saturated carbocycles. The van der Waals surface area contributed by atoms with Crippen molar-refractivity contribution in [1.29, 1.82) is 0 Å². The van der Waals surface area contributed by atoms with Crippen LogP contribution >= 0.6 is 0 Å². The first kappa shape index (κ1) is 21.7. The Hall–Kier alpha value is -2.63. The average molecular weight is 382 g/mol. The molecule has 150 valence electrons. The Kier molecular flexibility index (Phi) is 7.79. The number of carbonyl (C=O) groups is 1. The van der Waals surface area contributed by atoms with Gasteiger partial charge in [0.1, 0.15) is 5.75 Å². The van der Waals surface area contributed by atoms with E-state index in [2.05, 4.69) is 9.80 Å². The second-order valence-corrected chi connectivity index (χ2v) is 7.60. The third kappa shape index (κ3) is 6.51. The summed E-state index contributed by atoms with van der Waals surface area (Å²) in [5.41, 5.74) is 3.42. The molecule has 0 fully saturated rings. The number of hydrogen-bond donors (Lipinski definition) is 1. The SMILES string of the molecule is CN(C)CCN(C)c1cccc(C(=O)/C=C/c2ccc(O)c(CN(C)C)c2)c1. The zero-order valence-corrected chi connectivity index (χ0v) is 17.5. The first-order valence-electron chi connectivity index (χ1n) is 9.41. The van der Waals surface area contributed by atoms with Crippen molar-refractivity contribution < 1.29 is 9.90 Å². The molecule has 0 aromatic heterocycles. The van der Waals surface area contributed by atoms with E-state index in [1.54, 1.807) is 18.2 Å². The highest BCUT2D eigenvalue weighted by atomic mass is 16.3. The van der Waals surface area contributed by atoms with Gasteiger partial charge in [0.25, 0.3) is 0 Å². The van der Waals surface area contributed by atoms with Crippen LogP contribution < -0.4 is 4.90 Å². The van der Waals surface area contributed by atoms with Gasteiger partial charge in [-0.2, -0.15) is 0 Å². The molecule has 5 nitrogen and oxygen atoms in total. The Morgan fingerprint density at radius 2 is 1.71 bits per heavy atom. The van der Waals surface area contributed by atoms with Gasteiger partial charge in [0.2, 0.25) is 0 Å². The minimum Gasteiger partial charge on any atom is -0.508 e. The lowest BCUT2D eigenvalue weighted by atomic mass is 10.1. The number of benzene rings is 2. The van der Waals surface area contributed by atoms with Crippen LogP contribution in [-0.4, -0.2) is 69.0 Å². The van der Waals surface area contributed by atoms with Crippen LogP contribution in [-0.2, 0) is 6.54 Å². The molecular formula is C23H31N3O2. The summed E-state index contributed by atoms with van der Waals surface area (Å²) >= 11 is 0. The summed E-state index contributed by atoms with van der Waals surface area (Å²) in [4.78, 5) is 18.9. The molecular weight excluding hydrogens is 350 g/mol. The molecule has 0 bridgehead atoms. The molecule has 28 heavy (non-hydrogen) atoms. The molecule has 0 amide bonds. The third-order valence-electron chi connectivity index (χ3n) is 4.47. The van der Waals surface area contributed by atoms with Crippen molar-refractivity contribution in [1.82, 2.24) is 9.80 Å². The molecule has 0 radical (unpaired) electrons. The standard InChI is InChI=1S/C23H31N3O2/c1-24(2)13-14-26(5)21-8-6-7-19(16-21)22(27)11-9-18-10-12-23(28)20(15-18)17-25(3)4/h6-12,15-16,28H,13-14,17H2,1-5H3/b11-9+. The van der Waals surface area contributed by atoms with Crippen molar-refractivity contribution >= 4 is 17.5 Å². The topological polar surface area (TPSA) is 47.0 Å². The van der Waals surface area contributed by atoms with Gasteiger partial charge in [-0.15, -0.1) is 0 Å². The highest BCUT2D eigenvalue weighted by Gasteiger charge is 2.07. The van der Waals surface area contributed by atoms with Crippen molar-refractivity contribution in [2.75, 3.05) is 53.2 Å². The van der Waals surface area contributed by atoms with Crippen molar-refractivity contribution in [3.05, 3.63) is 65.2 Å². The van der Waals surface area contributed by atoms with E-state index in [0.29, 0.717) is 12.1 Å². The van der Waals surface area contributed by atoms with Gasteiger partial charge >= 0.3 is 0 Å². The molecule has 2 aromatic carbocycles. The van der Waals surface area contributed by atoms with Crippen molar-refractivity contribution in [3.8, 4) is 5.75 Å². The second-order valence-electron chi connectivity index (χ2n) is 7.60. The van der Waals surface area contributed by atoms with Gasteiger partial charge in [-0.05, 0) is 64.1 Å². The number of anilines is 1. The van der Waals surface area contributed by atoms with Crippen LogP contribution in [0.5, 0.6) is 5.75 Å². The predicted octanol–water partition coefficient (Wildman–Crippen LogP) is 3.35. The first-order valence-corrected chi connectivity index (χ1v) is 9.41. The van der Waals surface area contributed by atoms with Crippen molar-refractivity contribution in [3.63, 3.8) is 0 Å². The van der Waals surface area contributed by atoms with E-state index in [9.17, 15) is 9.90 Å². The molecule has 2 aromatic rings. The molecule has 0 heterocycles. The van der Waals surface area contributed by atoms with Gasteiger partial charge in [0.05, 0.1) is 0 Å². The van der Waals surface area contributed by atoms with E-state index in [1.807, 2.05) is 76.5 Å². The summed E-state index contributed by atoms with van der Waals surface area (Å²) in [7, 11) is 10.0. The van der Waals surface area contributed by atoms with E-state index in [4.69, 9.17) is 0 Å². The summed E-state index contributed by atoms with van der Waals surface area (Å²) in [5, 5.41) is 9.97. The fourth-order valence-corrected chi connectivity index (χ4v) is 2.82. The molecule has 1 N–H and O–H groups in total. The predicted molar refractivity (Wildman–Crippen MR) is 117 cm³/mol. The molecule has 0 saturated heterocycles. The number of allylic oxidation sites excluding steroid dienone is 1. The van der Waals surface area contributed by atoms with Crippen LogP contribution in [0.15, 0.2) is 48.5 Å². The van der Waals surface area contributed by atoms with Crippen LogP contribution in [0.25, 0.3) is 6.08 Å².